The lowest BCUT2D eigenvalue weighted by Gasteiger charge is -2.30. The van der Waals surface area contributed by atoms with Gasteiger partial charge in [-0.25, -0.2) is 0 Å². The summed E-state index contributed by atoms with van der Waals surface area (Å²) in [4.78, 5) is 4.40. The molecule has 0 aliphatic heterocycles. The van der Waals surface area contributed by atoms with Crippen LogP contribution in [0.3, 0.4) is 0 Å². The van der Waals surface area contributed by atoms with Crippen molar-refractivity contribution in [2.45, 2.75) is 122 Å². The fourth-order valence-electron chi connectivity index (χ4n) is 6.93. The summed E-state index contributed by atoms with van der Waals surface area (Å²) in [7, 11) is 17.4. The summed E-state index contributed by atoms with van der Waals surface area (Å²) in [5.41, 5.74) is 22.8. The van der Waals surface area contributed by atoms with Crippen molar-refractivity contribution in [2.75, 3.05) is 41.8 Å². The van der Waals surface area contributed by atoms with Gasteiger partial charge in [-0.3, -0.25) is 4.67 Å². The van der Waals surface area contributed by atoms with E-state index in [-0.39, 0.29) is 7.45 Å². The molecule has 0 spiro atoms. The molecule has 0 aromatic heterocycles. The first kappa shape index (κ1) is 63.4. The molecule has 0 aliphatic carbocycles. The standard InChI is InChI=1S/C13H25NP4.C13H21N.C10H15N.C9H12.C8H7N.C8H10/c1-9-6-11(3)13(7-10(9)2)8-12(4)14(5)18(16)17-15;1-10-8-12(3)13(9-11(10)2)6-7-14(4)5;1-9-4-6-10(7-5-9)8-11(2)3;1-7-4-5-8(2)9(3)6-7;1-7-3-2-4-8(5-7)6-9;1-7-3-5-8(2)6-4-7/h6-7,12,17H,8,15-16H2,1-5H3;8-9H,6-7H2,1-5H3;4-7H,8H2,1-3H3;4-6H,1-3H3;2-5H,1H3;3-6H,1-2H3/t12-,18?;;;;;/m1...../s1. The average molecular weight is 1000 g/mol. The molecular formula is C61H90N4P4. The van der Waals surface area contributed by atoms with Crippen LogP contribution in [0.1, 0.15) is 102 Å². The Morgan fingerprint density at radius 3 is 1.36 bits per heavy atom. The van der Waals surface area contributed by atoms with Crippen LogP contribution in [-0.4, -0.2) is 62.3 Å². The number of nitriles is 1. The quantitative estimate of drug-likeness (QED) is 0.128. The monoisotopic (exact) mass is 1000 g/mol. The molecule has 4 nitrogen and oxygen atoms in total. The highest BCUT2D eigenvalue weighted by atomic mass is 32.6. The van der Waals surface area contributed by atoms with Crippen LogP contribution >= 0.6 is 33.3 Å². The third-order valence-electron chi connectivity index (χ3n) is 12.0. The first-order chi connectivity index (χ1) is 32.4. The van der Waals surface area contributed by atoms with Crippen molar-refractivity contribution < 1.29 is 0 Å². The molecule has 0 amide bonds. The maximum atomic E-state index is 8.41. The Balaban J connectivity index is 0.000000424. The minimum absolute atomic E-state index is 0.0580. The van der Waals surface area contributed by atoms with Crippen LogP contribution in [0.15, 0.2) is 115 Å². The summed E-state index contributed by atoms with van der Waals surface area (Å²) in [5, 5.41) is 8.41. The molecule has 6 rings (SSSR count). The molecule has 6 aromatic rings. The largest absolute Gasteiger partial charge is 0.309 e. The van der Waals surface area contributed by atoms with E-state index in [0.717, 1.165) is 45.0 Å². The van der Waals surface area contributed by atoms with E-state index >= 15 is 0 Å². The number of hydrogen-bond acceptors (Lipinski definition) is 4. The molecule has 0 bridgehead atoms. The predicted molar refractivity (Wildman–Crippen MR) is 320 cm³/mol. The van der Waals surface area contributed by atoms with Crippen LogP contribution in [0.25, 0.3) is 0 Å². The van der Waals surface area contributed by atoms with Gasteiger partial charge in [0.1, 0.15) is 0 Å². The van der Waals surface area contributed by atoms with Crippen LogP contribution in [0, 0.1) is 101 Å². The Morgan fingerprint density at radius 1 is 0.507 bits per heavy atom. The van der Waals surface area contributed by atoms with Gasteiger partial charge in [0.15, 0.2) is 0 Å². The molecule has 8 heteroatoms. The van der Waals surface area contributed by atoms with Crippen molar-refractivity contribution in [2.24, 2.45) is 0 Å². The average Bonchev–Trinajstić information content (AvgIpc) is 3.29. The summed E-state index contributed by atoms with van der Waals surface area (Å²) in [5.74, 6) is 0. The van der Waals surface area contributed by atoms with Gasteiger partial charge >= 0.3 is 0 Å². The first-order valence-corrected chi connectivity index (χ1v) is 30.7. The van der Waals surface area contributed by atoms with Crippen LogP contribution in [0.2, 0.25) is 0 Å². The maximum absolute atomic E-state index is 8.41. The van der Waals surface area contributed by atoms with Gasteiger partial charge in [-0.15, -0.1) is 8.93 Å². The van der Waals surface area contributed by atoms with Crippen molar-refractivity contribution >= 4 is 33.3 Å². The normalized spacial score (nSPS) is 11.4. The van der Waals surface area contributed by atoms with Crippen molar-refractivity contribution in [3.63, 3.8) is 0 Å². The molecule has 0 fully saturated rings. The zero-order valence-corrected chi connectivity index (χ0v) is 50.5. The fraction of sp³-hybridized carbons (Fsp3) is 0.393. The molecule has 0 heterocycles. The van der Waals surface area contributed by atoms with Gasteiger partial charge in [-0.2, -0.15) is 5.26 Å². The minimum atomic E-state index is -0.0580. The Hall–Kier alpha value is -3.59. The number of benzene rings is 6. The molecule has 4 unspecified atom stereocenters. The molecule has 0 radical (unpaired) electrons. The molecule has 0 aliphatic rings. The van der Waals surface area contributed by atoms with E-state index in [4.69, 9.17) is 5.26 Å². The summed E-state index contributed by atoms with van der Waals surface area (Å²) in [6, 6.07) is 43.1. The summed E-state index contributed by atoms with van der Waals surface area (Å²) in [6.07, 6.45) is 2.30. The number of aryl methyl sites for hydroxylation is 13. The van der Waals surface area contributed by atoms with Gasteiger partial charge in [-0.05, 0) is 224 Å². The second-order valence-corrected chi connectivity index (χ2v) is 28.4. The Morgan fingerprint density at radius 2 is 0.942 bits per heavy atom. The molecule has 0 N–H and O–H groups in total. The Kier molecular flexibility index (Phi) is 31.2. The van der Waals surface area contributed by atoms with Crippen molar-refractivity contribution in [3.8, 4) is 6.07 Å². The number of likely N-dealkylation sites (N-methyl/N-ethyl adjacent to an activating group) is 2. The van der Waals surface area contributed by atoms with Gasteiger partial charge in [0.2, 0.25) is 0 Å². The first-order valence-electron chi connectivity index (χ1n) is 24.1. The smallest absolute Gasteiger partial charge is 0.0991 e. The molecule has 374 valence electrons. The third kappa shape index (κ3) is 27.0. The SMILES string of the molecule is Cc1cc(C)c(CCN(C)C)cc1C.Cc1cc(C)c(C[C@@H](C)N(C)P(P)PP)cc1C.Cc1ccc(C)c(C)c1.Cc1ccc(C)cc1.Cc1ccc(CN(C)C)cc1.Cc1cccc(C#N)c1. The van der Waals surface area contributed by atoms with E-state index in [0.29, 0.717) is 6.04 Å². The summed E-state index contributed by atoms with van der Waals surface area (Å²) >= 11 is 0. The highest BCUT2D eigenvalue weighted by Crippen LogP contribution is 2.68. The van der Waals surface area contributed by atoms with Crippen molar-refractivity contribution in [3.05, 3.63) is 210 Å². The highest BCUT2D eigenvalue weighted by Gasteiger charge is 2.16. The van der Waals surface area contributed by atoms with Crippen molar-refractivity contribution in [1.29, 1.82) is 5.26 Å². The lowest BCUT2D eigenvalue weighted by atomic mass is 9.96. The maximum Gasteiger partial charge on any atom is 0.0991 e. The third-order valence-corrected chi connectivity index (χ3v) is 22.6. The molecule has 69 heavy (non-hydrogen) atoms. The number of rotatable bonds is 10. The van der Waals surface area contributed by atoms with E-state index in [1.807, 2.05) is 25.1 Å². The Labute approximate surface area is 430 Å². The summed E-state index contributed by atoms with van der Waals surface area (Å²) < 4.78 is 2.51. The van der Waals surface area contributed by atoms with E-state index < -0.39 is 0 Å². The molecule has 6 aromatic carbocycles. The van der Waals surface area contributed by atoms with E-state index in [1.165, 1.54) is 83.5 Å². The van der Waals surface area contributed by atoms with E-state index in [9.17, 15) is 0 Å². The van der Waals surface area contributed by atoms with Crippen LogP contribution < -0.4 is 0 Å². The highest BCUT2D eigenvalue weighted by molar-refractivity contribution is 8.60. The molecule has 0 saturated heterocycles. The van der Waals surface area contributed by atoms with Gasteiger partial charge in [0.05, 0.1) is 11.6 Å². The van der Waals surface area contributed by atoms with E-state index in [2.05, 4.69) is 255 Å². The molecule has 5 atom stereocenters. The van der Waals surface area contributed by atoms with Crippen LogP contribution in [-0.2, 0) is 19.4 Å². The second-order valence-electron chi connectivity index (χ2n) is 19.3. The topological polar surface area (TPSA) is 33.5 Å². The number of nitrogens with zero attached hydrogens (tertiary/aromatic N) is 4. The van der Waals surface area contributed by atoms with Crippen LogP contribution in [0.5, 0.6) is 0 Å². The van der Waals surface area contributed by atoms with Gasteiger partial charge < -0.3 is 9.80 Å². The predicted octanol–water partition coefficient (Wildman–Crippen LogP) is 16.6. The van der Waals surface area contributed by atoms with Gasteiger partial charge in [0, 0.05) is 26.6 Å². The summed E-state index contributed by atoms with van der Waals surface area (Å²) in [6.45, 7) is 32.4. The van der Waals surface area contributed by atoms with E-state index in [1.54, 1.807) is 6.07 Å². The minimum Gasteiger partial charge on any atom is -0.309 e. The lowest BCUT2D eigenvalue weighted by molar-refractivity contribution is 0.402. The second kappa shape index (κ2) is 33.9. The Bertz CT molecular complexity index is 2410. The number of hydrogen-bond donors (Lipinski definition) is 0. The molecule has 0 saturated carbocycles. The molecular weight excluding hydrogens is 913 g/mol. The fourth-order valence-corrected chi connectivity index (χ4v) is 11.1. The lowest BCUT2D eigenvalue weighted by Crippen LogP contribution is -2.24. The van der Waals surface area contributed by atoms with Crippen LogP contribution in [0.4, 0.5) is 0 Å². The van der Waals surface area contributed by atoms with Gasteiger partial charge in [-0.1, -0.05) is 142 Å². The van der Waals surface area contributed by atoms with Gasteiger partial charge in [0.25, 0.3) is 0 Å². The zero-order valence-electron chi connectivity index (χ0n) is 46.3. The van der Waals surface area contributed by atoms with Crippen molar-refractivity contribution in [1.82, 2.24) is 14.5 Å². The zero-order chi connectivity index (χ0) is 52.4.